The number of amides is 2. The molecule has 4 aromatic rings. The molecule has 0 aliphatic rings. The summed E-state index contributed by atoms with van der Waals surface area (Å²) >= 11 is 7.55. The molecule has 2 aromatic heterocycles. The third-order valence-electron chi connectivity index (χ3n) is 5.40. The maximum atomic E-state index is 12.5. The average Bonchev–Trinajstić information content (AvgIpc) is 3.23. The van der Waals surface area contributed by atoms with Crippen LogP contribution >= 0.6 is 23.4 Å². The molecule has 0 fully saturated rings. The normalized spacial score (nSPS) is 10.7. The van der Waals surface area contributed by atoms with E-state index in [1.54, 1.807) is 48.1 Å². The van der Waals surface area contributed by atoms with E-state index in [1.165, 1.54) is 24.9 Å². The molecular formula is C25H23ClN6O4S. The Morgan fingerprint density at radius 2 is 1.95 bits per heavy atom. The predicted octanol–water partition coefficient (Wildman–Crippen LogP) is 5.48. The van der Waals surface area contributed by atoms with Gasteiger partial charge < -0.3 is 19.7 Å². The first-order chi connectivity index (χ1) is 17.8. The fraction of sp³-hybridized carbons (Fsp3) is 0.160. The van der Waals surface area contributed by atoms with Gasteiger partial charge in [-0.25, -0.2) is 14.6 Å². The highest BCUT2D eigenvalue weighted by Crippen LogP contribution is 2.30. The number of thioether (sulfide) groups is 1. The van der Waals surface area contributed by atoms with Crippen LogP contribution in [0.2, 0.25) is 5.02 Å². The summed E-state index contributed by atoms with van der Waals surface area (Å²) < 4.78 is 7.07. The molecule has 0 unspecified atom stereocenters. The topological polar surface area (TPSA) is 131 Å². The Morgan fingerprint density at radius 1 is 1.14 bits per heavy atom. The van der Waals surface area contributed by atoms with Crippen LogP contribution in [0.4, 0.5) is 16.3 Å². The fourth-order valence-corrected chi connectivity index (χ4v) is 4.81. The molecule has 12 heteroatoms. The van der Waals surface area contributed by atoms with Gasteiger partial charge in [-0.15, -0.1) is 10.2 Å². The van der Waals surface area contributed by atoms with Crippen LogP contribution < -0.4 is 15.4 Å². The lowest BCUT2D eigenvalue weighted by Crippen LogP contribution is -2.20. The van der Waals surface area contributed by atoms with Crippen molar-refractivity contribution in [3.8, 4) is 17.1 Å². The van der Waals surface area contributed by atoms with Crippen LogP contribution in [0, 0.1) is 6.92 Å². The molecule has 10 nitrogen and oxygen atoms in total. The van der Waals surface area contributed by atoms with E-state index >= 15 is 0 Å². The number of aromatic nitrogens is 4. The predicted molar refractivity (Wildman–Crippen MR) is 143 cm³/mol. The van der Waals surface area contributed by atoms with Crippen LogP contribution in [-0.4, -0.2) is 44.0 Å². The molecule has 190 valence electrons. The second-order valence-corrected chi connectivity index (χ2v) is 9.29. The number of halogens is 1. The summed E-state index contributed by atoms with van der Waals surface area (Å²) in [4.78, 5) is 28.3. The summed E-state index contributed by atoms with van der Waals surface area (Å²) in [6.07, 6.45) is 1.58. The van der Waals surface area contributed by atoms with E-state index in [2.05, 4.69) is 25.8 Å². The molecule has 0 spiro atoms. The van der Waals surface area contributed by atoms with Crippen molar-refractivity contribution in [2.75, 3.05) is 17.7 Å². The number of hydrogen-bond donors (Lipinski definition) is 3. The number of benzene rings is 2. The Hall–Kier alpha value is -4.09. The third-order valence-corrected chi connectivity index (χ3v) is 6.80. The number of hydrogen-bond acceptors (Lipinski definition) is 7. The third kappa shape index (κ3) is 6.01. The molecule has 0 atom stereocenters. The molecule has 2 amide bonds. The number of rotatable bonds is 8. The number of aryl methyl sites for hydroxylation is 1. The lowest BCUT2D eigenvalue weighted by Gasteiger charge is -2.12. The van der Waals surface area contributed by atoms with Crippen molar-refractivity contribution in [3.05, 3.63) is 76.4 Å². The Kier molecular flexibility index (Phi) is 7.95. The molecule has 0 aliphatic carbocycles. The van der Waals surface area contributed by atoms with E-state index in [4.69, 9.17) is 16.3 Å². The standard InChI is InChI=1S/C25H23ClN6O4S/c1-14-7-9-20(36-3)19(11-14)28-24(35)29-21-10-8-15(12-27-21)22-30-31-25(32(22)2)37-13-17-16(23(33)34)5-4-6-18(17)26/h4-12H,13H2,1-3H3,(H,33,34)(H2,27,28,29,35). The number of carbonyl (C=O) groups excluding carboxylic acids is 1. The van der Waals surface area contributed by atoms with Crippen LogP contribution in [0.3, 0.4) is 0 Å². The van der Waals surface area contributed by atoms with E-state index in [0.29, 0.717) is 50.1 Å². The molecular weight excluding hydrogens is 516 g/mol. The van der Waals surface area contributed by atoms with Crippen LogP contribution in [0.5, 0.6) is 5.75 Å². The maximum absolute atomic E-state index is 12.5. The number of methoxy groups -OCH3 is 1. The van der Waals surface area contributed by atoms with Gasteiger partial charge in [0.25, 0.3) is 0 Å². The minimum absolute atomic E-state index is 0.152. The lowest BCUT2D eigenvalue weighted by atomic mass is 10.1. The van der Waals surface area contributed by atoms with E-state index in [-0.39, 0.29) is 5.56 Å². The molecule has 2 heterocycles. The summed E-state index contributed by atoms with van der Waals surface area (Å²) in [5.74, 6) is 0.740. The van der Waals surface area contributed by atoms with E-state index in [9.17, 15) is 14.7 Å². The molecule has 0 saturated heterocycles. The van der Waals surface area contributed by atoms with Gasteiger partial charge >= 0.3 is 12.0 Å². The van der Waals surface area contributed by atoms with Crippen LogP contribution in [0.1, 0.15) is 21.5 Å². The molecule has 37 heavy (non-hydrogen) atoms. The highest BCUT2D eigenvalue weighted by molar-refractivity contribution is 7.98. The minimum atomic E-state index is -1.04. The Labute approximate surface area is 222 Å². The van der Waals surface area contributed by atoms with Crippen molar-refractivity contribution < 1.29 is 19.4 Å². The van der Waals surface area contributed by atoms with E-state index in [1.807, 2.05) is 19.1 Å². The second kappa shape index (κ2) is 11.3. The highest BCUT2D eigenvalue weighted by atomic mass is 35.5. The van der Waals surface area contributed by atoms with Gasteiger partial charge in [-0.05, 0) is 54.4 Å². The van der Waals surface area contributed by atoms with Crippen molar-refractivity contribution in [3.63, 3.8) is 0 Å². The van der Waals surface area contributed by atoms with Gasteiger partial charge in [0.15, 0.2) is 11.0 Å². The molecule has 3 N–H and O–H groups in total. The number of urea groups is 1. The van der Waals surface area contributed by atoms with Gasteiger partial charge in [-0.1, -0.05) is 35.5 Å². The summed E-state index contributed by atoms with van der Waals surface area (Å²) in [5.41, 5.74) is 2.89. The maximum Gasteiger partial charge on any atom is 0.336 e. The van der Waals surface area contributed by atoms with Crippen LogP contribution in [-0.2, 0) is 12.8 Å². The SMILES string of the molecule is COc1ccc(C)cc1NC(=O)Nc1ccc(-c2nnc(SCc3c(Cl)cccc3C(=O)O)n2C)cn1. The summed E-state index contributed by atoms with van der Waals surface area (Å²) in [5, 5.41) is 24.3. The van der Waals surface area contributed by atoms with Gasteiger partial charge in [0.05, 0.1) is 18.4 Å². The second-order valence-electron chi connectivity index (χ2n) is 7.94. The van der Waals surface area contributed by atoms with Crippen LogP contribution in [0.15, 0.2) is 59.9 Å². The summed E-state index contributed by atoms with van der Waals surface area (Å²) in [7, 11) is 3.34. The molecule has 0 radical (unpaired) electrons. The quantitative estimate of drug-likeness (QED) is 0.251. The first kappa shape index (κ1) is 26.0. The number of carbonyl (C=O) groups is 2. The first-order valence-electron chi connectivity index (χ1n) is 11.0. The van der Waals surface area contributed by atoms with E-state index in [0.717, 1.165) is 5.56 Å². The molecule has 4 rings (SSSR count). The zero-order valence-corrected chi connectivity index (χ0v) is 21.7. The smallest absolute Gasteiger partial charge is 0.336 e. The Morgan fingerprint density at radius 3 is 2.65 bits per heavy atom. The van der Waals surface area contributed by atoms with Gasteiger partial charge in [-0.3, -0.25) is 5.32 Å². The van der Waals surface area contributed by atoms with E-state index < -0.39 is 12.0 Å². The van der Waals surface area contributed by atoms with Gasteiger partial charge in [-0.2, -0.15) is 0 Å². The number of pyridine rings is 1. The van der Waals surface area contributed by atoms with Crippen molar-refractivity contribution >= 4 is 46.9 Å². The summed E-state index contributed by atoms with van der Waals surface area (Å²) in [6, 6.07) is 13.2. The number of anilines is 2. The number of carboxylic acids is 1. The number of aromatic carboxylic acids is 1. The van der Waals surface area contributed by atoms with Crippen molar-refractivity contribution in [2.45, 2.75) is 17.8 Å². The Bertz CT molecular complexity index is 1460. The van der Waals surface area contributed by atoms with Crippen molar-refractivity contribution in [1.82, 2.24) is 19.7 Å². The Balaban J connectivity index is 1.43. The van der Waals surface area contributed by atoms with Crippen LogP contribution in [0.25, 0.3) is 11.4 Å². The van der Waals surface area contributed by atoms with Gasteiger partial charge in [0.2, 0.25) is 0 Å². The number of carboxylic acid groups (broad SMARTS) is 1. The molecule has 0 bridgehead atoms. The van der Waals surface area contributed by atoms with Crippen molar-refractivity contribution in [1.29, 1.82) is 0 Å². The molecule has 2 aromatic carbocycles. The molecule has 0 saturated carbocycles. The minimum Gasteiger partial charge on any atom is -0.495 e. The monoisotopic (exact) mass is 538 g/mol. The largest absolute Gasteiger partial charge is 0.495 e. The fourth-order valence-electron chi connectivity index (χ4n) is 3.52. The number of nitrogens with one attached hydrogen (secondary N) is 2. The van der Waals surface area contributed by atoms with Gasteiger partial charge in [0, 0.05) is 29.6 Å². The lowest BCUT2D eigenvalue weighted by molar-refractivity contribution is 0.0696. The number of nitrogens with zero attached hydrogens (tertiary/aromatic N) is 4. The number of ether oxygens (including phenoxy) is 1. The average molecular weight is 539 g/mol. The first-order valence-corrected chi connectivity index (χ1v) is 12.3. The highest BCUT2D eigenvalue weighted by Gasteiger charge is 2.17. The zero-order valence-electron chi connectivity index (χ0n) is 20.2. The zero-order chi connectivity index (χ0) is 26.5. The molecule has 0 aliphatic heterocycles. The summed E-state index contributed by atoms with van der Waals surface area (Å²) in [6.45, 7) is 1.92. The van der Waals surface area contributed by atoms with Gasteiger partial charge in [0.1, 0.15) is 11.6 Å². The van der Waals surface area contributed by atoms with Crippen molar-refractivity contribution in [2.24, 2.45) is 7.05 Å².